The molecule has 0 fully saturated rings. The number of hydrogen-bond acceptors (Lipinski definition) is 6. The van der Waals surface area contributed by atoms with Crippen LogP contribution in [0.5, 0.6) is 11.5 Å². The van der Waals surface area contributed by atoms with Crippen LogP contribution in [0.3, 0.4) is 0 Å². The predicted octanol–water partition coefficient (Wildman–Crippen LogP) is 3.71. The molecule has 3 N–H and O–H groups in total. The lowest BCUT2D eigenvalue weighted by atomic mass is 9.95. The second kappa shape index (κ2) is 7.79. The summed E-state index contributed by atoms with van der Waals surface area (Å²) >= 11 is 0. The molecule has 9 heteroatoms. The second-order valence-corrected chi connectivity index (χ2v) is 6.62. The highest BCUT2D eigenvalue weighted by atomic mass is 16.5. The Morgan fingerprint density at radius 2 is 1.10 bits per heavy atom. The van der Waals surface area contributed by atoms with Crippen LogP contribution in [0.1, 0.15) is 20.7 Å². The first-order valence-electron chi connectivity index (χ1n) is 9.11. The van der Waals surface area contributed by atoms with Crippen LogP contribution >= 0.6 is 0 Å². The van der Waals surface area contributed by atoms with Gasteiger partial charge in [-0.1, -0.05) is 12.1 Å². The summed E-state index contributed by atoms with van der Waals surface area (Å²) in [5.74, 6) is -1.33. The summed E-state index contributed by atoms with van der Waals surface area (Å²) in [5, 5.41) is 29.6. The number of fused-ring (bicyclic) bond motifs is 1. The number of aromatic carboxylic acids is 2. The minimum Gasteiger partial charge on any atom is -0.496 e. The van der Waals surface area contributed by atoms with Gasteiger partial charge in [0.05, 0.1) is 25.3 Å². The van der Waals surface area contributed by atoms with Crippen LogP contribution in [0.15, 0.2) is 48.5 Å². The van der Waals surface area contributed by atoms with Crippen molar-refractivity contribution in [3.63, 3.8) is 0 Å². The third-order valence-corrected chi connectivity index (χ3v) is 4.95. The number of hydrogen-bond donors (Lipinski definition) is 3. The number of carboxylic acid groups (broad SMARTS) is 2. The minimum absolute atomic E-state index is 0.108. The van der Waals surface area contributed by atoms with Crippen LogP contribution in [0.4, 0.5) is 0 Å². The number of aromatic amines is 1. The molecule has 9 nitrogen and oxygen atoms in total. The molecule has 0 aliphatic carbocycles. The van der Waals surface area contributed by atoms with E-state index in [4.69, 9.17) is 9.47 Å². The lowest BCUT2D eigenvalue weighted by Gasteiger charge is -2.13. The van der Waals surface area contributed by atoms with Gasteiger partial charge in [0.25, 0.3) is 0 Å². The zero-order valence-corrected chi connectivity index (χ0v) is 16.5. The van der Waals surface area contributed by atoms with Gasteiger partial charge >= 0.3 is 11.9 Å². The van der Waals surface area contributed by atoms with Gasteiger partial charge in [-0.05, 0) is 36.4 Å². The Kier molecular flexibility index (Phi) is 5.00. The fourth-order valence-electron chi connectivity index (χ4n) is 3.46. The zero-order valence-electron chi connectivity index (χ0n) is 16.5. The smallest absolute Gasteiger partial charge is 0.335 e. The number of nitrogens with zero attached hydrogens (tertiary/aromatic N) is 2. The second-order valence-electron chi connectivity index (χ2n) is 6.62. The first kappa shape index (κ1) is 19.9. The fraction of sp³-hybridized carbons (Fsp3) is 0.0909. The van der Waals surface area contributed by atoms with Crippen LogP contribution in [0.25, 0.3) is 33.3 Å². The Bertz CT molecular complexity index is 1230. The Labute approximate surface area is 175 Å². The maximum Gasteiger partial charge on any atom is 0.335 e. The van der Waals surface area contributed by atoms with E-state index < -0.39 is 11.9 Å². The maximum atomic E-state index is 11.3. The van der Waals surface area contributed by atoms with Crippen molar-refractivity contribution in [3.8, 4) is 33.8 Å². The predicted molar refractivity (Wildman–Crippen MR) is 112 cm³/mol. The maximum absolute atomic E-state index is 11.3. The van der Waals surface area contributed by atoms with E-state index in [1.807, 2.05) is 12.1 Å². The van der Waals surface area contributed by atoms with Crippen molar-refractivity contribution in [2.45, 2.75) is 0 Å². The number of nitrogens with one attached hydrogen (secondary N) is 1. The fourth-order valence-corrected chi connectivity index (χ4v) is 3.46. The quantitative estimate of drug-likeness (QED) is 0.431. The number of carboxylic acids is 2. The lowest BCUT2D eigenvalue weighted by molar-refractivity contribution is 0.0686. The van der Waals surface area contributed by atoms with Crippen molar-refractivity contribution in [3.05, 3.63) is 59.7 Å². The highest BCUT2D eigenvalue weighted by Gasteiger charge is 2.19. The molecule has 4 aromatic rings. The number of ether oxygens (including phenoxy) is 2. The molecular formula is C22H17N3O6. The Morgan fingerprint density at radius 1 is 0.710 bits per heavy atom. The van der Waals surface area contributed by atoms with E-state index in [-0.39, 0.29) is 11.1 Å². The zero-order chi connectivity index (χ0) is 22.1. The first-order valence-corrected chi connectivity index (χ1v) is 9.11. The average Bonchev–Trinajstić information content (AvgIpc) is 3.27. The largest absolute Gasteiger partial charge is 0.496 e. The Hall–Kier alpha value is -4.40. The van der Waals surface area contributed by atoms with Crippen molar-refractivity contribution in [1.29, 1.82) is 0 Å². The van der Waals surface area contributed by atoms with Crippen LogP contribution < -0.4 is 9.47 Å². The molecule has 0 aliphatic rings. The van der Waals surface area contributed by atoms with Crippen molar-refractivity contribution in [2.75, 3.05) is 14.2 Å². The molecule has 1 heterocycles. The summed E-state index contributed by atoms with van der Waals surface area (Å²) < 4.78 is 10.8. The van der Waals surface area contributed by atoms with Gasteiger partial charge in [-0.3, -0.25) is 0 Å². The van der Waals surface area contributed by atoms with E-state index in [2.05, 4.69) is 15.4 Å². The summed E-state index contributed by atoms with van der Waals surface area (Å²) in [6.45, 7) is 0. The summed E-state index contributed by atoms with van der Waals surface area (Å²) in [4.78, 5) is 22.6. The van der Waals surface area contributed by atoms with Crippen molar-refractivity contribution in [2.24, 2.45) is 0 Å². The van der Waals surface area contributed by atoms with E-state index in [1.54, 1.807) is 12.1 Å². The van der Waals surface area contributed by atoms with Gasteiger partial charge in [-0.15, -0.1) is 0 Å². The van der Waals surface area contributed by atoms with Crippen molar-refractivity contribution >= 4 is 23.0 Å². The van der Waals surface area contributed by atoms with Gasteiger partial charge in [0.1, 0.15) is 22.5 Å². The molecule has 0 bridgehead atoms. The molecule has 0 radical (unpaired) electrons. The molecule has 0 amide bonds. The summed E-state index contributed by atoms with van der Waals surface area (Å²) in [6, 6.07) is 12.9. The first-order chi connectivity index (χ1) is 14.9. The van der Waals surface area contributed by atoms with E-state index in [0.29, 0.717) is 44.8 Å². The third kappa shape index (κ3) is 3.42. The molecule has 0 aliphatic heterocycles. The third-order valence-electron chi connectivity index (χ3n) is 4.95. The van der Waals surface area contributed by atoms with Crippen molar-refractivity contribution < 1.29 is 29.3 Å². The topological polar surface area (TPSA) is 135 Å². The van der Waals surface area contributed by atoms with E-state index in [9.17, 15) is 19.8 Å². The SMILES string of the molecule is COc1cc(C(=O)O)ccc1-c1ccc(-c2ccc(C(=O)O)cc2OC)c2n[nH]nc12. The molecule has 1 aromatic heterocycles. The normalized spacial score (nSPS) is 10.8. The molecule has 4 rings (SSSR count). The molecule has 0 spiro atoms. The van der Waals surface area contributed by atoms with E-state index >= 15 is 0 Å². The number of H-pyrrole nitrogens is 1. The number of rotatable bonds is 6. The van der Waals surface area contributed by atoms with Gasteiger partial charge in [-0.25, -0.2) is 9.59 Å². The van der Waals surface area contributed by atoms with Crippen molar-refractivity contribution in [1.82, 2.24) is 15.4 Å². The summed E-state index contributed by atoms with van der Waals surface area (Å²) in [6.07, 6.45) is 0. The minimum atomic E-state index is -1.05. The van der Waals surface area contributed by atoms with Crippen LogP contribution in [0, 0.1) is 0 Å². The Morgan fingerprint density at radius 3 is 1.45 bits per heavy atom. The molecule has 0 atom stereocenters. The van der Waals surface area contributed by atoms with E-state index in [0.717, 1.165) is 0 Å². The average molecular weight is 419 g/mol. The molecular weight excluding hydrogens is 402 g/mol. The molecule has 0 saturated heterocycles. The Balaban J connectivity index is 1.90. The number of carbonyl (C=O) groups is 2. The van der Waals surface area contributed by atoms with E-state index in [1.165, 1.54) is 38.5 Å². The van der Waals surface area contributed by atoms with Gasteiger partial charge in [0.15, 0.2) is 0 Å². The highest BCUT2D eigenvalue weighted by molar-refractivity contribution is 6.03. The van der Waals surface area contributed by atoms with Gasteiger partial charge in [0, 0.05) is 22.3 Å². The highest BCUT2D eigenvalue weighted by Crippen LogP contribution is 2.40. The van der Waals surface area contributed by atoms with Gasteiger partial charge < -0.3 is 19.7 Å². The molecule has 31 heavy (non-hydrogen) atoms. The molecule has 0 unspecified atom stereocenters. The van der Waals surface area contributed by atoms with Crippen LogP contribution in [-0.4, -0.2) is 51.8 Å². The molecule has 156 valence electrons. The monoisotopic (exact) mass is 419 g/mol. The number of aromatic nitrogens is 3. The lowest BCUT2D eigenvalue weighted by Crippen LogP contribution is -1.99. The van der Waals surface area contributed by atoms with Crippen LogP contribution in [-0.2, 0) is 0 Å². The van der Waals surface area contributed by atoms with Gasteiger partial charge in [0.2, 0.25) is 0 Å². The standard InChI is InChI=1S/C22H17N3O6/c1-30-17-9-11(21(26)27)3-5-13(17)15-7-8-16(20-19(15)23-25-24-20)14-6-4-12(22(28)29)10-18(14)31-2/h3-10H,1-2H3,(H,26,27)(H,28,29)(H,23,24,25). The van der Waals surface area contributed by atoms with Gasteiger partial charge in [-0.2, -0.15) is 15.4 Å². The number of benzene rings is 3. The molecule has 3 aromatic carbocycles. The van der Waals surface area contributed by atoms with Crippen LogP contribution in [0.2, 0.25) is 0 Å². The number of methoxy groups -OCH3 is 2. The summed E-state index contributed by atoms with van der Waals surface area (Å²) in [7, 11) is 2.93. The molecule has 0 saturated carbocycles. The summed E-state index contributed by atoms with van der Waals surface area (Å²) in [5.41, 5.74) is 4.02.